The molecule has 94 valence electrons. The normalized spacial score (nSPS) is 10.8. The molecule has 0 spiro atoms. The van der Waals surface area contributed by atoms with Crippen molar-refractivity contribution in [3.63, 3.8) is 0 Å². The Balaban J connectivity index is 2.88. The molecule has 0 saturated heterocycles. The summed E-state index contributed by atoms with van der Waals surface area (Å²) < 4.78 is 0. The molecule has 1 rings (SSSR count). The highest BCUT2D eigenvalue weighted by Crippen LogP contribution is 2.24. The van der Waals surface area contributed by atoms with Crippen molar-refractivity contribution in [2.45, 2.75) is 39.5 Å². The van der Waals surface area contributed by atoms with Crippen molar-refractivity contribution in [2.75, 3.05) is 5.73 Å². The zero-order valence-corrected chi connectivity index (χ0v) is 11.3. The third-order valence-corrected chi connectivity index (χ3v) is 3.26. The first kappa shape index (κ1) is 14.0. The van der Waals surface area contributed by atoms with Crippen molar-refractivity contribution >= 4 is 23.1 Å². The Bertz CT molecular complexity index is 384. The van der Waals surface area contributed by atoms with Gasteiger partial charge in [-0.25, -0.2) is 0 Å². The van der Waals surface area contributed by atoms with E-state index in [-0.39, 0.29) is 11.7 Å². The quantitative estimate of drug-likeness (QED) is 0.606. The van der Waals surface area contributed by atoms with Crippen molar-refractivity contribution in [2.24, 2.45) is 5.92 Å². The van der Waals surface area contributed by atoms with Crippen LogP contribution in [-0.2, 0) is 0 Å². The highest BCUT2D eigenvalue weighted by Gasteiger charge is 2.18. The molecular weight excluding hydrogens is 234 g/mol. The Morgan fingerprint density at radius 2 is 1.88 bits per heavy atom. The third-order valence-electron chi connectivity index (χ3n) is 2.93. The van der Waals surface area contributed by atoms with Crippen LogP contribution in [0.15, 0.2) is 18.2 Å². The Hall–Kier alpha value is -1.02. The maximum Gasteiger partial charge on any atom is 0.165 e. The zero-order valence-electron chi connectivity index (χ0n) is 10.5. The third kappa shape index (κ3) is 3.74. The summed E-state index contributed by atoms with van der Waals surface area (Å²) in [5.41, 5.74) is 6.84. The van der Waals surface area contributed by atoms with Gasteiger partial charge in [0.05, 0.1) is 10.7 Å². The molecule has 1 aromatic carbocycles. The molecule has 2 N–H and O–H groups in total. The molecule has 17 heavy (non-hydrogen) atoms. The molecule has 0 aliphatic carbocycles. The first-order valence-corrected chi connectivity index (χ1v) is 6.57. The first-order valence-electron chi connectivity index (χ1n) is 6.19. The molecule has 0 unspecified atom stereocenters. The monoisotopic (exact) mass is 253 g/mol. The highest BCUT2D eigenvalue weighted by molar-refractivity contribution is 6.33. The van der Waals surface area contributed by atoms with Gasteiger partial charge in [-0.2, -0.15) is 0 Å². The van der Waals surface area contributed by atoms with Crippen molar-refractivity contribution in [1.82, 2.24) is 0 Å². The molecule has 0 amide bonds. The zero-order chi connectivity index (χ0) is 12.8. The number of carbonyl (C=O) groups is 1. The van der Waals surface area contributed by atoms with E-state index in [1.165, 1.54) is 0 Å². The molecular formula is C14H20ClNO. The lowest BCUT2D eigenvalue weighted by Gasteiger charge is -2.14. The van der Waals surface area contributed by atoms with E-state index in [2.05, 4.69) is 13.8 Å². The number of nitrogens with two attached hydrogens (primary N) is 1. The Morgan fingerprint density at radius 1 is 1.29 bits per heavy atom. The lowest BCUT2D eigenvalue weighted by molar-refractivity contribution is 0.0905. The summed E-state index contributed by atoms with van der Waals surface area (Å²) in [6.07, 6.45) is 3.93. The number of rotatable bonds is 6. The fraction of sp³-hybridized carbons (Fsp3) is 0.500. The smallest absolute Gasteiger partial charge is 0.165 e. The van der Waals surface area contributed by atoms with Gasteiger partial charge in [0, 0.05) is 11.5 Å². The lowest BCUT2D eigenvalue weighted by Crippen LogP contribution is -2.14. The van der Waals surface area contributed by atoms with E-state index < -0.39 is 0 Å². The molecule has 0 aliphatic rings. The minimum absolute atomic E-state index is 0.115. The van der Waals surface area contributed by atoms with E-state index in [1.54, 1.807) is 18.2 Å². The number of anilines is 1. The second-order valence-electron chi connectivity index (χ2n) is 4.37. The number of hydrogen-bond acceptors (Lipinski definition) is 2. The van der Waals surface area contributed by atoms with Gasteiger partial charge in [0.25, 0.3) is 0 Å². The number of carbonyl (C=O) groups excluding carboxylic acids is 1. The van der Waals surface area contributed by atoms with Crippen molar-refractivity contribution < 1.29 is 4.79 Å². The van der Waals surface area contributed by atoms with Crippen LogP contribution in [0.25, 0.3) is 0 Å². The van der Waals surface area contributed by atoms with E-state index in [9.17, 15) is 4.79 Å². The average molecular weight is 254 g/mol. The van der Waals surface area contributed by atoms with E-state index in [0.717, 1.165) is 25.7 Å². The molecule has 1 aromatic rings. The number of nitrogen functional groups attached to an aromatic ring is 1. The largest absolute Gasteiger partial charge is 0.398 e. The van der Waals surface area contributed by atoms with E-state index in [1.807, 2.05) is 0 Å². The van der Waals surface area contributed by atoms with Gasteiger partial charge in [-0.15, -0.1) is 0 Å². The SMILES string of the molecule is CCCC(CCC)C(=O)c1ccc(N)c(Cl)c1. The van der Waals surface area contributed by atoms with Gasteiger partial charge >= 0.3 is 0 Å². The Labute approximate surface area is 108 Å². The minimum atomic E-state index is 0.115. The van der Waals surface area contributed by atoms with Crippen LogP contribution >= 0.6 is 11.6 Å². The van der Waals surface area contributed by atoms with Crippen molar-refractivity contribution in [3.8, 4) is 0 Å². The number of halogens is 1. The second-order valence-corrected chi connectivity index (χ2v) is 4.78. The van der Waals surface area contributed by atoms with Crippen LogP contribution in [0.4, 0.5) is 5.69 Å². The number of hydrogen-bond donors (Lipinski definition) is 1. The number of ketones is 1. The summed E-state index contributed by atoms with van der Waals surface area (Å²) in [5, 5.41) is 0.461. The molecule has 0 saturated carbocycles. The molecule has 0 atom stereocenters. The van der Waals surface area contributed by atoms with Crippen molar-refractivity contribution in [3.05, 3.63) is 28.8 Å². The van der Waals surface area contributed by atoms with E-state index in [4.69, 9.17) is 17.3 Å². The van der Waals surface area contributed by atoms with Gasteiger partial charge in [-0.05, 0) is 31.0 Å². The summed E-state index contributed by atoms with van der Waals surface area (Å²) in [5.74, 6) is 0.306. The van der Waals surface area contributed by atoms with Gasteiger partial charge in [-0.3, -0.25) is 4.79 Å². The Morgan fingerprint density at radius 3 is 2.35 bits per heavy atom. The minimum Gasteiger partial charge on any atom is -0.398 e. The van der Waals surface area contributed by atoms with Gasteiger partial charge in [0.2, 0.25) is 0 Å². The standard InChI is InChI=1S/C14H20ClNO/c1-3-5-10(6-4-2)14(17)11-7-8-13(16)12(15)9-11/h7-10H,3-6,16H2,1-2H3. The molecule has 3 heteroatoms. The summed E-state index contributed by atoms with van der Waals surface area (Å²) >= 11 is 5.94. The highest BCUT2D eigenvalue weighted by atomic mass is 35.5. The van der Waals surface area contributed by atoms with Crippen LogP contribution in [0.2, 0.25) is 5.02 Å². The maximum atomic E-state index is 12.3. The van der Waals surface area contributed by atoms with Gasteiger partial charge in [0.15, 0.2) is 5.78 Å². The molecule has 0 radical (unpaired) electrons. The first-order chi connectivity index (χ1) is 8.10. The van der Waals surface area contributed by atoms with Crippen molar-refractivity contribution in [1.29, 1.82) is 0 Å². The predicted molar refractivity (Wildman–Crippen MR) is 73.5 cm³/mol. The molecule has 0 heterocycles. The molecule has 2 nitrogen and oxygen atoms in total. The van der Waals surface area contributed by atoms with Crippen LogP contribution in [0.5, 0.6) is 0 Å². The molecule has 0 aliphatic heterocycles. The van der Waals surface area contributed by atoms with Crippen LogP contribution in [0.1, 0.15) is 49.9 Å². The summed E-state index contributed by atoms with van der Waals surface area (Å²) in [6.45, 7) is 4.21. The van der Waals surface area contributed by atoms with Gasteiger partial charge < -0.3 is 5.73 Å². The maximum absolute atomic E-state index is 12.3. The predicted octanol–water partition coefficient (Wildman–Crippen LogP) is 4.32. The average Bonchev–Trinajstić information content (AvgIpc) is 2.31. The molecule has 0 bridgehead atoms. The summed E-state index contributed by atoms with van der Waals surface area (Å²) in [4.78, 5) is 12.3. The Kier molecular flexibility index (Phi) is 5.49. The fourth-order valence-electron chi connectivity index (χ4n) is 2.02. The second kappa shape index (κ2) is 6.65. The fourth-order valence-corrected chi connectivity index (χ4v) is 2.20. The van der Waals surface area contributed by atoms with E-state index in [0.29, 0.717) is 16.3 Å². The molecule has 0 aromatic heterocycles. The van der Waals surface area contributed by atoms with Gasteiger partial charge in [0.1, 0.15) is 0 Å². The van der Waals surface area contributed by atoms with Crippen LogP contribution in [0, 0.1) is 5.92 Å². The summed E-state index contributed by atoms with van der Waals surface area (Å²) in [6, 6.07) is 5.14. The number of Topliss-reactive ketones (excluding diaryl/α,β-unsaturated/α-hetero) is 1. The van der Waals surface area contributed by atoms with Crippen LogP contribution in [-0.4, -0.2) is 5.78 Å². The number of benzene rings is 1. The van der Waals surface area contributed by atoms with Crippen LogP contribution in [0.3, 0.4) is 0 Å². The lowest BCUT2D eigenvalue weighted by atomic mass is 9.90. The van der Waals surface area contributed by atoms with Crippen LogP contribution < -0.4 is 5.73 Å². The van der Waals surface area contributed by atoms with E-state index >= 15 is 0 Å². The molecule has 0 fully saturated rings. The van der Waals surface area contributed by atoms with Gasteiger partial charge in [-0.1, -0.05) is 38.3 Å². The summed E-state index contributed by atoms with van der Waals surface area (Å²) in [7, 11) is 0. The topological polar surface area (TPSA) is 43.1 Å².